The number of benzene rings is 2. The topological polar surface area (TPSA) is 84.9 Å². The fourth-order valence-corrected chi connectivity index (χ4v) is 6.79. The lowest BCUT2D eigenvalue weighted by molar-refractivity contribution is 0.135. The van der Waals surface area contributed by atoms with Gasteiger partial charge in [0.05, 0.1) is 28.4 Å². The summed E-state index contributed by atoms with van der Waals surface area (Å²) in [5.41, 5.74) is 0.878. The fraction of sp³-hybridized carbons (Fsp3) is 0.533. The summed E-state index contributed by atoms with van der Waals surface area (Å²) in [6, 6.07) is 14.7. The van der Waals surface area contributed by atoms with E-state index in [4.69, 9.17) is 19.4 Å². The molecule has 0 unspecified atom stereocenters. The SMILES string of the molecule is CCCCOc1ccc(S(=O)(=O)N2CCN([C@H](C)c3nc(OC4CCCCC4)c4ccccc4n3)CC2)cc1. The van der Waals surface area contributed by atoms with E-state index in [1.807, 2.05) is 24.3 Å². The molecule has 2 fully saturated rings. The molecule has 1 aliphatic heterocycles. The van der Waals surface area contributed by atoms with Crippen molar-refractivity contribution < 1.29 is 17.9 Å². The minimum atomic E-state index is -3.57. The zero-order valence-corrected chi connectivity index (χ0v) is 23.9. The quantitative estimate of drug-likeness (QED) is 0.303. The van der Waals surface area contributed by atoms with E-state index in [-0.39, 0.29) is 12.1 Å². The van der Waals surface area contributed by atoms with Gasteiger partial charge >= 0.3 is 0 Å². The molecule has 5 rings (SSSR count). The third kappa shape index (κ3) is 6.53. The lowest BCUT2D eigenvalue weighted by Crippen LogP contribution is -2.49. The van der Waals surface area contributed by atoms with Gasteiger partial charge in [-0.25, -0.2) is 13.4 Å². The Balaban J connectivity index is 1.25. The van der Waals surface area contributed by atoms with E-state index in [1.54, 1.807) is 28.6 Å². The van der Waals surface area contributed by atoms with E-state index in [1.165, 1.54) is 19.3 Å². The minimum Gasteiger partial charge on any atom is -0.494 e. The summed E-state index contributed by atoms with van der Waals surface area (Å²) in [5, 5.41) is 0.941. The number of unbranched alkanes of at least 4 members (excludes halogenated alkanes) is 1. The monoisotopic (exact) mass is 552 g/mol. The predicted octanol–water partition coefficient (Wildman–Crippen LogP) is 5.59. The van der Waals surface area contributed by atoms with Crippen LogP contribution in [0, 0.1) is 0 Å². The maximum Gasteiger partial charge on any atom is 0.243 e. The fourth-order valence-electron chi connectivity index (χ4n) is 5.37. The van der Waals surface area contributed by atoms with Crippen molar-refractivity contribution in [1.82, 2.24) is 19.2 Å². The van der Waals surface area contributed by atoms with Gasteiger partial charge in [-0.05, 0) is 75.4 Å². The van der Waals surface area contributed by atoms with Crippen molar-refractivity contribution in [2.24, 2.45) is 0 Å². The van der Waals surface area contributed by atoms with Gasteiger partial charge in [0, 0.05) is 26.2 Å². The molecule has 0 radical (unpaired) electrons. The molecule has 3 aromatic rings. The zero-order valence-electron chi connectivity index (χ0n) is 23.1. The highest BCUT2D eigenvalue weighted by Gasteiger charge is 2.31. The number of piperazine rings is 1. The Morgan fingerprint density at radius 2 is 1.67 bits per heavy atom. The third-order valence-corrected chi connectivity index (χ3v) is 9.75. The first-order valence-corrected chi connectivity index (χ1v) is 15.8. The molecule has 1 saturated carbocycles. The van der Waals surface area contributed by atoms with E-state index in [9.17, 15) is 8.42 Å². The van der Waals surface area contributed by atoms with Crippen molar-refractivity contribution in [2.75, 3.05) is 32.8 Å². The number of aromatic nitrogens is 2. The number of rotatable bonds is 10. The van der Waals surface area contributed by atoms with Crippen LogP contribution in [0.1, 0.15) is 70.7 Å². The Bertz CT molecular complexity index is 1330. The van der Waals surface area contributed by atoms with Gasteiger partial charge in [0.25, 0.3) is 0 Å². The van der Waals surface area contributed by atoms with Crippen LogP contribution in [0.5, 0.6) is 11.6 Å². The number of para-hydroxylation sites is 1. The standard InChI is InChI=1S/C30H40N4O4S/c1-3-4-22-37-24-14-16-26(17-15-24)39(35,36)34-20-18-33(19-21-34)23(2)29-31-28-13-9-8-12-27(28)30(32-29)38-25-10-6-5-7-11-25/h8-9,12-17,23,25H,3-7,10-11,18-22H2,1-2H3/t23-/m1/s1. The number of fused-ring (bicyclic) bond motifs is 1. The van der Waals surface area contributed by atoms with Gasteiger partial charge in [0.2, 0.25) is 15.9 Å². The molecule has 39 heavy (non-hydrogen) atoms. The summed E-state index contributed by atoms with van der Waals surface area (Å²) in [6.45, 7) is 6.88. The summed E-state index contributed by atoms with van der Waals surface area (Å²) in [5.74, 6) is 2.08. The van der Waals surface area contributed by atoms with Crippen molar-refractivity contribution in [3.8, 4) is 11.6 Å². The van der Waals surface area contributed by atoms with Crippen LogP contribution in [0.15, 0.2) is 53.4 Å². The summed E-state index contributed by atoms with van der Waals surface area (Å²) in [7, 11) is -3.57. The highest BCUT2D eigenvalue weighted by molar-refractivity contribution is 7.89. The molecule has 1 aromatic heterocycles. The number of sulfonamides is 1. The molecule has 2 aliphatic rings. The van der Waals surface area contributed by atoms with Crippen molar-refractivity contribution in [1.29, 1.82) is 0 Å². The van der Waals surface area contributed by atoms with Crippen LogP contribution < -0.4 is 9.47 Å². The average Bonchev–Trinajstić information content (AvgIpc) is 2.98. The van der Waals surface area contributed by atoms with Crippen molar-refractivity contribution in [3.63, 3.8) is 0 Å². The Morgan fingerprint density at radius 1 is 0.949 bits per heavy atom. The second kappa shape index (κ2) is 12.6. The summed E-state index contributed by atoms with van der Waals surface area (Å²) in [4.78, 5) is 12.3. The van der Waals surface area contributed by atoms with Gasteiger partial charge in [-0.2, -0.15) is 9.29 Å². The molecule has 0 bridgehead atoms. The lowest BCUT2D eigenvalue weighted by atomic mass is 9.98. The van der Waals surface area contributed by atoms with E-state index in [0.717, 1.165) is 42.4 Å². The van der Waals surface area contributed by atoms with E-state index in [2.05, 4.69) is 18.7 Å². The first-order valence-electron chi connectivity index (χ1n) is 14.4. The molecule has 210 valence electrons. The second-order valence-electron chi connectivity index (χ2n) is 10.6. The van der Waals surface area contributed by atoms with E-state index >= 15 is 0 Å². The molecular formula is C30H40N4O4S. The third-order valence-electron chi connectivity index (χ3n) is 7.84. The molecule has 2 aromatic carbocycles. The van der Waals surface area contributed by atoms with Gasteiger partial charge in [-0.1, -0.05) is 31.9 Å². The van der Waals surface area contributed by atoms with Gasteiger partial charge in [-0.15, -0.1) is 0 Å². The normalized spacial score (nSPS) is 18.7. The molecule has 0 spiro atoms. The van der Waals surface area contributed by atoms with E-state index in [0.29, 0.717) is 49.3 Å². The maximum absolute atomic E-state index is 13.3. The highest BCUT2D eigenvalue weighted by atomic mass is 32.2. The molecule has 8 nitrogen and oxygen atoms in total. The van der Waals surface area contributed by atoms with Gasteiger partial charge in [-0.3, -0.25) is 4.90 Å². The van der Waals surface area contributed by atoms with Gasteiger partial charge in [0.15, 0.2) is 0 Å². The van der Waals surface area contributed by atoms with Crippen LogP contribution in [0.4, 0.5) is 0 Å². The van der Waals surface area contributed by atoms with Crippen molar-refractivity contribution in [3.05, 3.63) is 54.4 Å². The number of hydrogen-bond acceptors (Lipinski definition) is 7. The van der Waals surface area contributed by atoms with Crippen molar-refractivity contribution in [2.45, 2.75) is 75.8 Å². The Labute approximate surface area is 232 Å². The van der Waals surface area contributed by atoms with Crippen LogP contribution in [0.2, 0.25) is 0 Å². The van der Waals surface area contributed by atoms with Crippen LogP contribution in [0.25, 0.3) is 10.9 Å². The summed E-state index contributed by atoms with van der Waals surface area (Å²) < 4.78 is 40.3. The average molecular weight is 553 g/mol. The molecule has 1 saturated heterocycles. The largest absolute Gasteiger partial charge is 0.494 e. The van der Waals surface area contributed by atoms with Crippen LogP contribution >= 0.6 is 0 Å². The Hall–Kier alpha value is -2.75. The number of nitrogens with zero attached hydrogens (tertiary/aromatic N) is 4. The number of hydrogen-bond donors (Lipinski definition) is 0. The molecule has 2 heterocycles. The van der Waals surface area contributed by atoms with E-state index < -0.39 is 10.0 Å². The van der Waals surface area contributed by atoms with Crippen LogP contribution in [-0.4, -0.2) is 66.5 Å². The van der Waals surface area contributed by atoms with Crippen LogP contribution in [-0.2, 0) is 10.0 Å². The minimum absolute atomic E-state index is 0.0623. The molecular weight excluding hydrogens is 512 g/mol. The first kappa shape index (κ1) is 27.8. The second-order valence-corrected chi connectivity index (χ2v) is 12.5. The molecule has 9 heteroatoms. The first-order chi connectivity index (χ1) is 19.0. The summed E-state index contributed by atoms with van der Waals surface area (Å²) in [6.07, 6.45) is 8.02. The molecule has 0 amide bonds. The molecule has 1 atom stereocenters. The summed E-state index contributed by atoms with van der Waals surface area (Å²) >= 11 is 0. The van der Waals surface area contributed by atoms with Gasteiger partial charge in [0.1, 0.15) is 17.7 Å². The van der Waals surface area contributed by atoms with Gasteiger partial charge < -0.3 is 9.47 Å². The lowest BCUT2D eigenvalue weighted by Gasteiger charge is -2.37. The zero-order chi connectivity index (χ0) is 27.2. The molecule has 1 aliphatic carbocycles. The smallest absolute Gasteiger partial charge is 0.243 e. The maximum atomic E-state index is 13.3. The highest BCUT2D eigenvalue weighted by Crippen LogP contribution is 2.31. The Morgan fingerprint density at radius 3 is 2.38 bits per heavy atom. The predicted molar refractivity (Wildman–Crippen MR) is 153 cm³/mol. The molecule has 0 N–H and O–H groups in total. The van der Waals surface area contributed by atoms with Crippen LogP contribution in [0.3, 0.4) is 0 Å². The Kier molecular flexibility index (Phi) is 8.99. The van der Waals surface area contributed by atoms with Crippen molar-refractivity contribution >= 4 is 20.9 Å². The number of ether oxygens (including phenoxy) is 2.